The number of methoxy groups -OCH3 is 2. The van der Waals surface area contributed by atoms with Gasteiger partial charge in [0, 0.05) is 36.2 Å². The summed E-state index contributed by atoms with van der Waals surface area (Å²) in [6.45, 7) is 0.290. The number of halogens is 1. The van der Waals surface area contributed by atoms with Crippen LogP contribution in [0.1, 0.15) is 18.4 Å². The average molecular weight is 451 g/mol. The molecule has 2 aromatic carbocycles. The summed E-state index contributed by atoms with van der Waals surface area (Å²) < 4.78 is 31.2. The highest BCUT2D eigenvalue weighted by molar-refractivity contribution is 5.83. The summed E-state index contributed by atoms with van der Waals surface area (Å²) in [6.07, 6.45) is 3.51. The summed E-state index contributed by atoms with van der Waals surface area (Å²) in [7, 11) is 3.01. The van der Waals surface area contributed by atoms with E-state index >= 15 is 0 Å². The van der Waals surface area contributed by atoms with Crippen LogP contribution in [0.3, 0.4) is 0 Å². The number of rotatable bonds is 8. The van der Waals surface area contributed by atoms with Crippen LogP contribution in [0.4, 0.5) is 4.39 Å². The van der Waals surface area contributed by atoms with Crippen molar-refractivity contribution in [3.05, 3.63) is 70.7 Å². The highest BCUT2D eigenvalue weighted by Gasteiger charge is 2.12. The van der Waals surface area contributed by atoms with E-state index in [0.717, 1.165) is 0 Å². The molecule has 0 amide bonds. The van der Waals surface area contributed by atoms with E-state index in [2.05, 4.69) is 9.97 Å². The fourth-order valence-electron chi connectivity index (χ4n) is 3.58. The van der Waals surface area contributed by atoms with Gasteiger partial charge in [-0.25, -0.2) is 9.37 Å². The van der Waals surface area contributed by atoms with Crippen molar-refractivity contribution < 1.29 is 23.4 Å². The van der Waals surface area contributed by atoms with Crippen molar-refractivity contribution in [1.29, 1.82) is 0 Å². The van der Waals surface area contributed by atoms with Gasteiger partial charge in [-0.05, 0) is 30.7 Å². The lowest BCUT2D eigenvalue weighted by Crippen LogP contribution is -2.21. The van der Waals surface area contributed by atoms with Crippen LogP contribution in [0.5, 0.6) is 11.5 Å². The largest absolute Gasteiger partial charge is 0.493 e. The van der Waals surface area contributed by atoms with E-state index in [1.165, 1.54) is 31.2 Å². The number of aromatic nitrogens is 3. The molecule has 0 radical (unpaired) electrons. The molecule has 0 fully saturated rings. The number of fused-ring (bicyclic) bond motifs is 2. The molecule has 8 nitrogen and oxygen atoms in total. The van der Waals surface area contributed by atoms with E-state index in [1.54, 1.807) is 36.5 Å². The van der Waals surface area contributed by atoms with Crippen LogP contribution in [-0.2, 0) is 22.7 Å². The maximum Gasteiger partial charge on any atom is 0.306 e. The van der Waals surface area contributed by atoms with E-state index < -0.39 is 5.97 Å². The molecule has 0 unspecified atom stereocenters. The molecule has 4 rings (SSSR count). The van der Waals surface area contributed by atoms with Gasteiger partial charge in [-0.15, -0.1) is 0 Å². The standard InChI is InChI=1S/C24H22FN3O5/c1-31-20-11-17-19(12-21(20)32-2)27-14-28(24(17)30)10-4-6-22(29)33-13-15-7-8-18(25)16-5-3-9-26-23(15)16/h3,5,7-9,11-12,14H,4,6,10,13H2,1-2H3. The first-order valence-electron chi connectivity index (χ1n) is 10.3. The van der Waals surface area contributed by atoms with Gasteiger partial charge in [-0.1, -0.05) is 6.07 Å². The smallest absolute Gasteiger partial charge is 0.306 e. The van der Waals surface area contributed by atoms with Gasteiger partial charge in [-0.2, -0.15) is 0 Å². The van der Waals surface area contributed by atoms with Gasteiger partial charge in [-0.3, -0.25) is 19.1 Å². The molecule has 9 heteroatoms. The van der Waals surface area contributed by atoms with Crippen molar-refractivity contribution >= 4 is 27.8 Å². The number of hydrogen-bond acceptors (Lipinski definition) is 7. The molecule has 0 atom stereocenters. The molecule has 0 N–H and O–H groups in total. The summed E-state index contributed by atoms with van der Waals surface area (Å²) in [5.74, 6) is 0.129. The van der Waals surface area contributed by atoms with Gasteiger partial charge in [0.25, 0.3) is 5.56 Å². The number of benzene rings is 2. The van der Waals surface area contributed by atoms with E-state index in [-0.39, 0.29) is 24.4 Å². The van der Waals surface area contributed by atoms with Crippen LogP contribution in [0.2, 0.25) is 0 Å². The highest BCUT2D eigenvalue weighted by Crippen LogP contribution is 2.29. The fourth-order valence-corrected chi connectivity index (χ4v) is 3.58. The Bertz CT molecular complexity index is 1390. The molecule has 4 aromatic rings. The quantitative estimate of drug-likeness (QED) is 0.378. The maximum atomic E-state index is 13.9. The molecular formula is C24H22FN3O5. The lowest BCUT2D eigenvalue weighted by molar-refractivity contribution is -0.145. The third kappa shape index (κ3) is 4.62. The number of hydrogen-bond donors (Lipinski definition) is 0. The fraction of sp³-hybridized carbons (Fsp3) is 0.250. The average Bonchev–Trinajstić information content (AvgIpc) is 2.84. The number of pyridine rings is 1. The Kier molecular flexibility index (Phi) is 6.48. The molecule has 2 heterocycles. The SMILES string of the molecule is COc1cc2ncn(CCCC(=O)OCc3ccc(F)c4cccnc34)c(=O)c2cc1OC. The number of aryl methyl sites for hydroxylation is 1. The van der Waals surface area contributed by atoms with Crippen molar-refractivity contribution in [2.75, 3.05) is 14.2 Å². The van der Waals surface area contributed by atoms with E-state index in [1.807, 2.05) is 0 Å². The van der Waals surface area contributed by atoms with Gasteiger partial charge in [0.1, 0.15) is 12.4 Å². The summed E-state index contributed by atoms with van der Waals surface area (Å²) in [5, 5.41) is 0.775. The van der Waals surface area contributed by atoms with Crippen molar-refractivity contribution in [3.63, 3.8) is 0 Å². The van der Waals surface area contributed by atoms with Crippen molar-refractivity contribution in [1.82, 2.24) is 14.5 Å². The number of carbonyl (C=O) groups is 1. The Hall–Kier alpha value is -4.01. The van der Waals surface area contributed by atoms with Crippen LogP contribution in [-0.4, -0.2) is 34.7 Å². The summed E-state index contributed by atoms with van der Waals surface area (Å²) in [4.78, 5) is 33.5. The van der Waals surface area contributed by atoms with Gasteiger partial charge in [0.15, 0.2) is 11.5 Å². The number of esters is 1. The van der Waals surface area contributed by atoms with Gasteiger partial charge >= 0.3 is 5.97 Å². The Labute approximate surface area is 188 Å². The minimum atomic E-state index is -0.420. The second-order valence-electron chi connectivity index (χ2n) is 7.34. The second kappa shape index (κ2) is 9.64. The van der Waals surface area contributed by atoms with Crippen LogP contribution < -0.4 is 15.0 Å². The third-order valence-electron chi connectivity index (χ3n) is 5.30. The molecule has 170 valence electrons. The number of carbonyl (C=O) groups excluding carboxylic acids is 1. The lowest BCUT2D eigenvalue weighted by Gasteiger charge is -2.11. The van der Waals surface area contributed by atoms with Crippen LogP contribution >= 0.6 is 0 Å². The van der Waals surface area contributed by atoms with E-state index in [4.69, 9.17) is 14.2 Å². The number of ether oxygens (including phenoxy) is 3. The number of nitrogens with zero attached hydrogens (tertiary/aromatic N) is 3. The predicted octanol–water partition coefficient (Wildman–Crippen LogP) is 3.62. The summed E-state index contributed by atoms with van der Waals surface area (Å²) >= 11 is 0. The molecule has 0 spiro atoms. The molecule has 0 aliphatic carbocycles. The van der Waals surface area contributed by atoms with Gasteiger partial charge < -0.3 is 14.2 Å². The normalized spacial score (nSPS) is 11.0. The summed E-state index contributed by atoms with van der Waals surface area (Å²) in [6, 6.07) is 9.40. The van der Waals surface area contributed by atoms with Gasteiger partial charge in [0.05, 0.1) is 37.0 Å². The Morgan fingerprint density at radius 3 is 2.64 bits per heavy atom. The zero-order valence-electron chi connectivity index (χ0n) is 18.2. The third-order valence-corrected chi connectivity index (χ3v) is 5.30. The molecule has 0 aliphatic rings. The van der Waals surface area contributed by atoms with Crippen molar-refractivity contribution in [2.45, 2.75) is 26.0 Å². The van der Waals surface area contributed by atoms with Crippen LogP contribution in [0.25, 0.3) is 21.8 Å². The minimum Gasteiger partial charge on any atom is -0.493 e. The highest BCUT2D eigenvalue weighted by atomic mass is 19.1. The second-order valence-corrected chi connectivity index (χ2v) is 7.34. The Balaban J connectivity index is 1.38. The molecule has 2 aromatic heterocycles. The van der Waals surface area contributed by atoms with Crippen molar-refractivity contribution in [3.8, 4) is 11.5 Å². The molecule has 0 saturated carbocycles. The van der Waals surface area contributed by atoms with Crippen LogP contribution in [0, 0.1) is 5.82 Å². The zero-order chi connectivity index (χ0) is 23.4. The summed E-state index contributed by atoms with van der Waals surface area (Å²) in [5.41, 5.74) is 1.34. The van der Waals surface area contributed by atoms with E-state index in [0.29, 0.717) is 51.8 Å². The molecule has 0 bridgehead atoms. The first kappa shape index (κ1) is 22.2. The molecular weight excluding hydrogens is 429 g/mol. The monoisotopic (exact) mass is 451 g/mol. The topological polar surface area (TPSA) is 92.5 Å². The molecule has 33 heavy (non-hydrogen) atoms. The minimum absolute atomic E-state index is 0.00820. The maximum absolute atomic E-state index is 13.9. The molecule has 0 saturated heterocycles. The zero-order valence-corrected chi connectivity index (χ0v) is 18.2. The molecule has 0 aliphatic heterocycles. The first-order chi connectivity index (χ1) is 16.0. The Morgan fingerprint density at radius 1 is 1.06 bits per heavy atom. The van der Waals surface area contributed by atoms with E-state index in [9.17, 15) is 14.0 Å². The Morgan fingerprint density at radius 2 is 1.85 bits per heavy atom. The first-order valence-corrected chi connectivity index (χ1v) is 10.3. The van der Waals surface area contributed by atoms with Crippen molar-refractivity contribution in [2.24, 2.45) is 0 Å². The predicted molar refractivity (Wildman–Crippen MR) is 120 cm³/mol. The van der Waals surface area contributed by atoms with Crippen LogP contribution in [0.15, 0.2) is 53.7 Å². The lowest BCUT2D eigenvalue weighted by atomic mass is 10.1. The van der Waals surface area contributed by atoms with Gasteiger partial charge in [0.2, 0.25) is 0 Å².